The zero-order valence-electron chi connectivity index (χ0n) is 34.1. The van der Waals surface area contributed by atoms with Crippen LogP contribution >= 0.6 is 0 Å². The Morgan fingerprint density at radius 2 is 0.529 bits per heavy atom. The van der Waals surface area contributed by atoms with Gasteiger partial charge in [-0.15, -0.1) is 0 Å². The van der Waals surface area contributed by atoms with Crippen LogP contribution in [0.25, 0.3) is 0 Å². The minimum absolute atomic E-state index is 0.0760. The van der Waals surface area contributed by atoms with E-state index in [4.69, 9.17) is 23.1 Å². The number of ether oxygens (including phenoxy) is 4. The molecule has 51 heavy (non-hydrogen) atoms. The molecule has 4 rings (SSSR count). The van der Waals surface area contributed by atoms with Crippen molar-refractivity contribution in [1.82, 2.24) is 0 Å². The largest absolute Gasteiger partial charge is 0.496 e. The Hall–Kier alpha value is -3.53. The normalized spacial score (nSPS) is 12.7. The third-order valence-electron chi connectivity index (χ3n) is 9.62. The second-order valence-corrected chi connectivity index (χ2v) is 23.0. The van der Waals surface area contributed by atoms with E-state index in [2.05, 4.69) is 156 Å². The molecule has 0 amide bonds. The summed E-state index contributed by atoms with van der Waals surface area (Å²) in [7, 11) is 2.24. The van der Waals surface area contributed by atoms with E-state index in [-0.39, 0.29) is 21.7 Å². The predicted molar refractivity (Wildman–Crippen MR) is 221 cm³/mol. The van der Waals surface area contributed by atoms with Crippen molar-refractivity contribution in [3.8, 4) is 23.0 Å². The first-order chi connectivity index (χ1) is 23.6. The van der Waals surface area contributed by atoms with Crippen molar-refractivity contribution in [3.05, 3.63) is 95.1 Å². The first kappa shape index (κ1) is 40.2. The van der Waals surface area contributed by atoms with Crippen molar-refractivity contribution in [3.63, 3.8) is 0 Å². The summed E-state index contributed by atoms with van der Waals surface area (Å²) in [5.74, 6) is 3.52. The van der Waals surface area contributed by atoms with Crippen LogP contribution in [0.3, 0.4) is 0 Å². The lowest BCUT2D eigenvalue weighted by molar-refractivity contribution is 0.397. The summed E-state index contributed by atoms with van der Waals surface area (Å²) in [6.07, 6.45) is 0. The quantitative estimate of drug-likeness (QED) is 0.161. The zero-order valence-corrected chi connectivity index (χ0v) is 36.4. The van der Waals surface area contributed by atoms with Gasteiger partial charge in [0.1, 0.15) is 23.0 Å². The molecule has 0 atom stereocenters. The van der Waals surface area contributed by atoms with Gasteiger partial charge in [-0.2, -0.15) is 0 Å². The molecule has 4 aromatic carbocycles. The number of methoxy groups -OCH3 is 4. The van der Waals surface area contributed by atoms with E-state index in [1.807, 2.05) is 0 Å². The average Bonchev–Trinajstić information content (AvgIpc) is 3.05. The molecule has 0 heterocycles. The van der Waals surface area contributed by atoms with Gasteiger partial charge in [-0.05, 0) is 88.9 Å². The van der Waals surface area contributed by atoms with E-state index in [1.54, 1.807) is 28.4 Å². The van der Waals surface area contributed by atoms with Crippen LogP contribution in [0.5, 0.6) is 23.0 Å². The van der Waals surface area contributed by atoms with E-state index in [9.17, 15) is 0 Å². The van der Waals surface area contributed by atoms with E-state index >= 15 is 0 Å². The minimum atomic E-state index is -2.40. The van der Waals surface area contributed by atoms with E-state index in [0.29, 0.717) is 0 Å². The fraction of sp³-hybridized carbons (Fsp3) is 0.455. The maximum Gasteiger partial charge on any atom is 0.229 e. The van der Waals surface area contributed by atoms with Crippen molar-refractivity contribution < 1.29 is 23.1 Å². The fourth-order valence-electron chi connectivity index (χ4n) is 6.80. The second-order valence-electron chi connectivity index (χ2n) is 17.7. The molecule has 4 aromatic rings. The van der Waals surface area contributed by atoms with Crippen LogP contribution < -0.4 is 39.7 Å². The van der Waals surface area contributed by atoms with Gasteiger partial charge in [0.2, 0.25) is 18.1 Å². The lowest BCUT2D eigenvalue weighted by atomic mass is 9.86. The highest BCUT2D eigenvalue weighted by atomic mass is 28.4. The lowest BCUT2D eigenvalue weighted by Gasteiger charge is -2.30. The predicted octanol–water partition coefficient (Wildman–Crippen LogP) is 7.30. The summed E-state index contributed by atoms with van der Waals surface area (Å²) in [6, 6.07) is 26.7. The van der Waals surface area contributed by atoms with Crippen molar-refractivity contribution in [2.45, 2.75) is 105 Å². The van der Waals surface area contributed by atoms with Crippen LogP contribution in [0.15, 0.2) is 72.8 Å². The number of rotatable bonds is 10. The molecule has 276 valence electrons. The van der Waals surface area contributed by atoms with Crippen LogP contribution in [-0.4, -0.2) is 46.5 Å². The Morgan fingerprint density at radius 1 is 0.333 bits per heavy atom. The Kier molecular flexibility index (Phi) is 12.0. The van der Waals surface area contributed by atoms with Crippen molar-refractivity contribution >= 4 is 38.8 Å². The topological polar surface area (TPSA) is 46.2 Å². The third kappa shape index (κ3) is 9.11. The molecule has 5 nitrogen and oxygen atoms in total. The van der Waals surface area contributed by atoms with E-state index in [1.165, 1.54) is 22.3 Å². The maximum atomic E-state index is 7.75. The van der Waals surface area contributed by atoms with Gasteiger partial charge in [-0.3, -0.25) is 0 Å². The van der Waals surface area contributed by atoms with Crippen LogP contribution in [0.2, 0.25) is 0 Å². The maximum absolute atomic E-state index is 7.75. The van der Waals surface area contributed by atoms with E-state index < -0.39 is 18.1 Å². The highest BCUT2D eigenvalue weighted by Crippen LogP contribution is 2.34. The summed E-state index contributed by atoms with van der Waals surface area (Å²) in [5.41, 5.74) is 4.37. The van der Waals surface area contributed by atoms with Gasteiger partial charge in [0.05, 0.1) is 28.4 Å². The van der Waals surface area contributed by atoms with Gasteiger partial charge < -0.3 is 23.1 Å². The molecule has 0 saturated carbocycles. The molecular weight excluding hydrogens is 665 g/mol. The van der Waals surface area contributed by atoms with Gasteiger partial charge in [-0.1, -0.05) is 132 Å². The Morgan fingerprint density at radius 3 is 0.686 bits per heavy atom. The molecule has 0 aliphatic rings. The Labute approximate surface area is 312 Å². The number of hydrogen-bond acceptors (Lipinski definition) is 5. The highest BCUT2D eigenvalue weighted by molar-refractivity contribution is 6.92. The Balaban J connectivity index is 2.03. The lowest BCUT2D eigenvalue weighted by Crippen LogP contribution is -2.56. The van der Waals surface area contributed by atoms with Gasteiger partial charge >= 0.3 is 0 Å². The molecule has 0 spiro atoms. The molecule has 0 aliphatic carbocycles. The first-order valence-corrected chi connectivity index (χ1v) is 21.3. The SMILES string of the molecule is COc1cc([SiH](O[SiH](c2ccc(C(C)(C)C)c(OC)c2)c2ccc(C(C)(C)C)c(OC)c2)c2ccc(C(C)(C)C)c(OC)c2)ccc1C(C)(C)C. The van der Waals surface area contributed by atoms with Crippen LogP contribution in [0.4, 0.5) is 0 Å². The molecule has 0 N–H and O–H groups in total. The fourth-order valence-corrected chi connectivity index (χ4v) is 13.5. The van der Waals surface area contributed by atoms with Gasteiger partial charge in [-0.25, -0.2) is 0 Å². The third-order valence-corrected chi connectivity index (χ3v) is 15.7. The van der Waals surface area contributed by atoms with Crippen LogP contribution in [0, 0.1) is 0 Å². The summed E-state index contributed by atoms with van der Waals surface area (Å²) < 4.78 is 32.0. The van der Waals surface area contributed by atoms with Crippen LogP contribution in [-0.2, 0) is 25.8 Å². The number of benzene rings is 4. The average molecular weight is 727 g/mol. The summed E-state index contributed by atoms with van der Waals surface area (Å²) in [6.45, 7) is 26.6. The van der Waals surface area contributed by atoms with Crippen LogP contribution in [0.1, 0.15) is 105 Å². The molecule has 0 radical (unpaired) electrons. The van der Waals surface area contributed by atoms with E-state index in [0.717, 1.165) is 43.7 Å². The smallest absolute Gasteiger partial charge is 0.229 e. The molecule has 0 bridgehead atoms. The summed E-state index contributed by atoms with van der Waals surface area (Å²) in [4.78, 5) is 0. The number of hydrogen-bond donors (Lipinski definition) is 0. The molecular formula is C44H62O5Si2. The van der Waals surface area contributed by atoms with Gasteiger partial charge in [0.15, 0.2) is 0 Å². The minimum Gasteiger partial charge on any atom is -0.496 e. The molecule has 0 aromatic heterocycles. The van der Waals surface area contributed by atoms with Gasteiger partial charge in [0, 0.05) is 0 Å². The first-order valence-electron chi connectivity index (χ1n) is 18.0. The zero-order chi connectivity index (χ0) is 38.1. The monoisotopic (exact) mass is 726 g/mol. The molecule has 7 heteroatoms. The molecule has 0 aliphatic heterocycles. The van der Waals surface area contributed by atoms with Crippen molar-refractivity contribution in [1.29, 1.82) is 0 Å². The van der Waals surface area contributed by atoms with Crippen molar-refractivity contribution in [2.24, 2.45) is 0 Å². The second kappa shape index (κ2) is 15.2. The summed E-state index contributed by atoms with van der Waals surface area (Å²) in [5, 5.41) is 4.61. The van der Waals surface area contributed by atoms with Crippen molar-refractivity contribution in [2.75, 3.05) is 28.4 Å². The standard InChI is InChI=1S/C44H62O5Si2/c1-41(2,3)33-21-17-29(25-37(33)45-13)50(30-18-22-34(42(4,5)6)38(26-30)46-14)49-51(31-19-23-35(43(7,8)9)39(27-31)47-15)32-20-24-36(44(10,11)12)40(28-32)48-16/h17-28,50-51H,1-16H3. The summed E-state index contributed by atoms with van der Waals surface area (Å²) >= 11 is 0. The highest BCUT2D eigenvalue weighted by Gasteiger charge is 2.32. The molecule has 0 unspecified atom stereocenters. The Bertz CT molecular complexity index is 1560. The van der Waals surface area contributed by atoms with Gasteiger partial charge in [0.25, 0.3) is 0 Å². The molecule has 0 fully saturated rings. The molecule has 0 saturated heterocycles.